The maximum Gasteiger partial charge on any atom is 0.311 e. The molecule has 0 saturated heterocycles. The largest absolute Gasteiger partial charge is 0.452 e. The van der Waals surface area contributed by atoms with Gasteiger partial charge in [-0.15, -0.1) is 11.3 Å². The van der Waals surface area contributed by atoms with Crippen LogP contribution in [0.1, 0.15) is 12.5 Å². The van der Waals surface area contributed by atoms with E-state index in [9.17, 15) is 9.59 Å². The highest BCUT2D eigenvalue weighted by Gasteiger charge is 2.20. The highest BCUT2D eigenvalue weighted by Crippen LogP contribution is 2.25. The van der Waals surface area contributed by atoms with Gasteiger partial charge in [-0.05, 0) is 24.6 Å². The van der Waals surface area contributed by atoms with Crippen LogP contribution in [0.2, 0.25) is 10.0 Å². The zero-order chi connectivity index (χ0) is 20.1. The summed E-state index contributed by atoms with van der Waals surface area (Å²) in [6, 6.07) is 14.5. The van der Waals surface area contributed by atoms with Gasteiger partial charge in [-0.25, -0.2) is 4.98 Å². The van der Waals surface area contributed by atoms with Crippen molar-refractivity contribution in [2.24, 2.45) is 0 Å². The van der Waals surface area contributed by atoms with Crippen LogP contribution in [0.4, 0.5) is 5.13 Å². The minimum absolute atomic E-state index is 0.0526. The second kappa shape index (κ2) is 9.19. The number of esters is 1. The molecule has 28 heavy (non-hydrogen) atoms. The Morgan fingerprint density at radius 3 is 2.64 bits per heavy atom. The van der Waals surface area contributed by atoms with E-state index in [-0.39, 0.29) is 6.42 Å². The molecule has 0 aliphatic heterocycles. The van der Waals surface area contributed by atoms with Gasteiger partial charge in [0.05, 0.1) is 12.1 Å². The standard InChI is InChI=1S/C20H16Cl2N2O3S/c1-12(27-18(25)9-14-7-8-15(21)10-16(14)22)19(26)24-20-23-17(11-28-20)13-5-3-2-4-6-13/h2-8,10-12H,9H2,1H3,(H,23,24,26)/t12-/m0/s1. The predicted octanol–water partition coefficient (Wildman–Crippen LogP) is 5.23. The molecule has 144 valence electrons. The third-order valence-electron chi connectivity index (χ3n) is 3.83. The molecule has 3 aromatic rings. The van der Waals surface area contributed by atoms with Crippen molar-refractivity contribution in [1.82, 2.24) is 4.98 Å². The Balaban J connectivity index is 1.56. The molecule has 0 spiro atoms. The Hall–Kier alpha value is -2.41. The van der Waals surface area contributed by atoms with Crippen molar-refractivity contribution >= 4 is 51.5 Å². The fraction of sp³-hybridized carbons (Fsp3) is 0.150. The zero-order valence-electron chi connectivity index (χ0n) is 14.8. The fourth-order valence-corrected chi connectivity index (χ4v) is 3.59. The number of amides is 1. The van der Waals surface area contributed by atoms with Gasteiger partial charge < -0.3 is 4.74 Å². The lowest BCUT2D eigenvalue weighted by atomic mass is 10.1. The number of ether oxygens (including phenoxy) is 1. The minimum atomic E-state index is -0.970. The highest BCUT2D eigenvalue weighted by atomic mass is 35.5. The number of nitrogens with zero attached hydrogens (tertiary/aromatic N) is 1. The van der Waals surface area contributed by atoms with E-state index in [0.29, 0.717) is 20.7 Å². The Morgan fingerprint density at radius 1 is 1.18 bits per heavy atom. The third-order valence-corrected chi connectivity index (χ3v) is 5.18. The zero-order valence-corrected chi connectivity index (χ0v) is 17.1. The number of benzene rings is 2. The van der Waals surface area contributed by atoms with E-state index in [0.717, 1.165) is 11.3 Å². The summed E-state index contributed by atoms with van der Waals surface area (Å²) in [5, 5.41) is 5.81. The number of carbonyl (C=O) groups is 2. The molecule has 0 bridgehead atoms. The van der Waals surface area contributed by atoms with Crippen molar-refractivity contribution in [2.45, 2.75) is 19.4 Å². The fourth-order valence-electron chi connectivity index (χ4n) is 2.39. The summed E-state index contributed by atoms with van der Waals surface area (Å²) in [6.45, 7) is 1.50. The van der Waals surface area contributed by atoms with E-state index >= 15 is 0 Å². The van der Waals surface area contributed by atoms with Gasteiger partial charge in [0.25, 0.3) is 5.91 Å². The molecule has 8 heteroatoms. The minimum Gasteiger partial charge on any atom is -0.452 e. The lowest BCUT2D eigenvalue weighted by Gasteiger charge is -2.13. The van der Waals surface area contributed by atoms with Crippen LogP contribution in [-0.2, 0) is 20.7 Å². The van der Waals surface area contributed by atoms with Crippen LogP contribution in [0.5, 0.6) is 0 Å². The molecule has 1 aromatic heterocycles. The van der Waals surface area contributed by atoms with Gasteiger partial charge in [-0.3, -0.25) is 14.9 Å². The van der Waals surface area contributed by atoms with E-state index < -0.39 is 18.0 Å². The first kappa shape index (κ1) is 20.3. The van der Waals surface area contributed by atoms with Crippen LogP contribution in [0.25, 0.3) is 11.3 Å². The van der Waals surface area contributed by atoms with Gasteiger partial charge in [0, 0.05) is 21.0 Å². The molecule has 1 atom stereocenters. The molecule has 0 radical (unpaired) electrons. The molecule has 0 aliphatic rings. The monoisotopic (exact) mass is 434 g/mol. The number of nitrogens with one attached hydrogen (secondary N) is 1. The molecule has 0 aliphatic carbocycles. The smallest absolute Gasteiger partial charge is 0.311 e. The van der Waals surface area contributed by atoms with Gasteiger partial charge in [-0.2, -0.15) is 0 Å². The first-order valence-electron chi connectivity index (χ1n) is 8.37. The predicted molar refractivity (Wildman–Crippen MR) is 112 cm³/mol. The third kappa shape index (κ3) is 5.32. The molecule has 1 N–H and O–H groups in total. The second-order valence-corrected chi connectivity index (χ2v) is 7.64. The lowest BCUT2D eigenvalue weighted by molar-refractivity contribution is -0.152. The highest BCUT2D eigenvalue weighted by molar-refractivity contribution is 7.14. The number of carbonyl (C=O) groups excluding carboxylic acids is 2. The molecule has 0 saturated carbocycles. The van der Waals surface area contributed by atoms with Gasteiger partial charge in [-0.1, -0.05) is 59.6 Å². The Bertz CT molecular complexity index is 992. The van der Waals surface area contributed by atoms with Crippen molar-refractivity contribution in [2.75, 3.05) is 5.32 Å². The summed E-state index contributed by atoms with van der Waals surface area (Å²) < 4.78 is 5.20. The van der Waals surface area contributed by atoms with Gasteiger partial charge in [0.1, 0.15) is 0 Å². The van der Waals surface area contributed by atoms with E-state index in [1.807, 2.05) is 35.7 Å². The van der Waals surface area contributed by atoms with Crippen LogP contribution in [0.3, 0.4) is 0 Å². The number of halogens is 2. The van der Waals surface area contributed by atoms with Crippen molar-refractivity contribution in [3.63, 3.8) is 0 Å². The van der Waals surface area contributed by atoms with Gasteiger partial charge in [0.15, 0.2) is 11.2 Å². The molecule has 0 fully saturated rings. The van der Waals surface area contributed by atoms with Crippen LogP contribution in [0, 0.1) is 0 Å². The molecule has 1 amide bonds. The maximum atomic E-state index is 12.3. The van der Waals surface area contributed by atoms with Crippen molar-refractivity contribution < 1.29 is 14.3 Å². The topological polar surface area (TPSA) is 68.3 Å². The van der Waals surface area contributed by atoms with Gasteiger partial charge in [0.2, 0.25) is 0 Å². The number of anilines is 1. The van der Waals surface area contributed by atoms with Crippen molar-refractivity contribution in [3.8, 4) is 11.3 Å². The Morgan fingerprint density at radius 2 is 1.93 bits per heavy atom. The first-order chi connectivity index (χ1) is 13.4. The summed E-state index contributed by atoms with van der Waals surface area (Å²) in [5.41, 5.74) is 2.30. The maximum absolute atomic E-state index is 12.3. The van der Waals surface area contributed by atoms with E-state index in [1.165, 1.54) is 18.3 Å². The molecule has 1 heterocycles. The lowest BCUT2D eigenvalue weighted by Crippen LogP contribution is -2.30. The Labute approximate surface area is 176 Å². The second-order valence-electron chi connectivity index (χ2n) is 5.94. The van der Waals surface area contributed by atoms with Crippen LogP contribution >= 0.6 is 34.5 Å². The quantitative estimate of drug-likeness (QED) is 0.539. The Kier molecular flexibility index (Phi) is 6.67. The molecule has 3 rings (SSSR count). The van der Waals surface area contributed by atoms with E-state index in [2.05, 4.69) is 10.3 Å². The van der Waals surface area contributed by atoms with Crippen LogP contribution in [0.15, 0.2) is 53.9 Å². The number of hydrogen-bond acceptors (Lipinski definition) is 5. The number of hydrogen-bond donors (Lipinski definition) is 1. The van der Waals surface area contributed by atoms with Crippen LogP contribution < -0.4 is 5.32 Å². The number of aromatic nitrogens is 1. The summed E-state index contributed by atoms with van der Waals surface area (Å²) in [4.78, 5) is 28.8. The van der Waals surface area contributed by atoms with E-state index in [1.54, 1.807) is 18.2 Å². The molecular formula is C20H16Cl2N2O3S. The molecular weight excluding hydrogens is 419 g/mol. The summed E-state index contributed by atoms with van der Waals surface area (Å²) in [6.07, 6.45) is -1.02. The summed E-state index contributed by atoms with van der Waals surface area (Å²) >= 11 is 13.2. The molecule has 2 aromatic carbocycles. The summed E-state index contributed by atoms with van der Waals surface area (Å²) in [7, 11) is 0. The number of thiazole rings is 1. The SMILES string of the molecule is C[C@H](OC(=O)Cc1ccc(Cl)cc1Cl)C(=O)Nc1nc(-c2ccccc2)cs1. The normalized spacial score (nSPS) is 11.7. The first-order valence-corrected chi connectivity index (χ1v) is 10.0. The average Bonchev–Trinajstić information content (AvgIpc) is 3.13. The average molecular weight is 435 g/mol. The molecule has 5 nitrogen and oxygen atoms in total. The van der Waals surface area contributed by atoms with Crippen molar-refractivity contribution in [1.29, 1.82) is 0 Å². The molecule has 0 unspecified atom stereocenters. The van der Waals surface area contributed by atoms with E-state index in [4.69, 9.17) is 27.9 Å². The van der Waals surface area contributed by atoms with Crippen LogP contribution in [-0.4, -0.2) is 23.0 Å². The van der Waals surface area contributed by atoms with Gasteiger partial charge >= 0.3 is 5.97 Å². The summed E-state index contributed by atoms with van der Waals surface area (Å²) in [5.74, 6) is -1.01. The number of rotatable bonds is 6. The van der Waals surface area contributed by atoms with Crippen molar-refractivity contribution in [3.05, 3.63) is 69.5 Å².